The lowest BCUT2D eigenvalue weighted by Crippen LogP contribution is -2.28. The summed E-state index contributed by atoms with van der Waals surface area (Å²) in [5.74, 6) is 0.641. The van der Waals surface area contributed by atoms with Gasteiger partial charge in [0.1, 0.15) is 0 Å². The van der Waals surface area contributed by atoms with E-state index in [0.717, 1.165) is 25.8 Å². The van der Waals surface area contributed by atoms with Gasteiger partial charge in [-0.15, -0.1) is 0 Å². The van der Waals surface area contributed by atoms with Crippen molar-refractivity contribution in [1.29, 1.82) is 0 Å². The Kier molecular flexibility index (Phi) is 9.95. The van der Waals surface area contributed by atoms with Gasteiger partial charge in [-0.2, -0.15) is 11.8 Å². The first-order chi connectivity index (χ1) is 8.07. The highest BCUT2D eigenvalue weighted by Gasteiger charge is 2.08. The Morgan fingerprint density at radius 1 is 1.29 bits per heavy atom. The number of rotatable bonds is 10. The Hall–Kier alpha value is -0.750. The van der Waals surface area contributed by atoms with Crippen LogP contribution in [0.2, 0.25) is 0 Å². The molecule has 0 atom stereocenters. The van der Waals surface area contributed by atoms with E-state index in [4.69, 9.17) is 10.8 Å². The fraction of sp³-hybridized carbons (Fsp3) is 0.818. The van der Waals surface area contributed by atoms with E-state index in [1.54, 1.807) is 11.9 Å². The zero-order valence-electron chi connectivity index (χ0n) is 10.4. The van der Waals surface area contributed by atoms with Gasteiger partial charge in [0, 0.05) is 32.4 Å². The molecule has 0 bridgehead atoms. The molecule has 0 aromatic heterocycles. The summed E-state index contributed by atoms with van der Waals surface area (Å²) in [7, 11) is 1.78. The standard InChI is InChI=1S/C11H22N2O3S/c1-13(6-3-2-4-7-14)11(16)5-8-17-9-10(12)15/h14H,2-9H2,1H3,(H2,12,15). The van der Waals surface area contributed by atoms with Crippen LogP contribution in [0.4, 0.5) is 0 Å². The van der Waals surface area contributed by atoms with Gasteiger partial charge in [0.25, 0.3) is 0 Å². The van der Waals surface area contributed by atoms with Gasteiger partial charge in [0.05, 0.1) is 5.75 Å². The monoisotopic (exact) mass is 262 g/mol. The lowest BCUT2D eigenvalue weighted by atomic mass is 10.2. The molecule has 0 aromatic rings. The van der Waals surface area contributed by atoms with E-state index in [9.17, 15) is 9.59 Å². The van der Waals surface area contributed by atoms with E-state index < -0.39 is 0 Å². The van der Waals surface area contributed by atoms with Crippen LogP contribution in [0.15, 0.2) is 0 Å². The van der Waals surface area contributed by atoms with Crippen LogP contribution in [-0.2, 0) is 9.59 Å². The largest absolute Gasteiger partial charge is 0.396 e. The summed E-state index contributed by atoms with van der Waals surface area (Å²) in [6.45, 7) is 0.931. The van der Waals surface area contributed by atoms with Crippen molar-refractivity contribution in [1.82, 2.24) is 4.90 Å². The molecule has 0 fully saturated rings. The minimum absolute atomic E-state index is 0.0889. The van der Waals surface area contributed by atoms with Crippen LogP contribution in [0, 0.1) is 0 Å². The van der Waals surface area contributed by atoms with Gasteiger partial charge in [-0.1, -0.05) is 0 Å². The molecule has 17 heavy (non-hydrogen) atoms. The van der Waals surface area contributed by atoms with Crippen molar-refractivity contribution in [2.45, 2.75) is 25.7 Å². The van der Waals surface area contributed by atoms with Crippen LogP contribution >= 0.6 is 11.8 Å². The van der Waals surface area contributed by atoms with Crippen LogP contribution in [0.25, 0.3) is 0 Å². The fourth-order valence-electron chi connectivity index (χ4n) is 1.29. The Morgan fingerprint density at radius 3 is 2.59 bits per heavy atom. The van der Waals surface area contributed by atoms with Gasteiger partial charge in [-0.3, -0.25) is 9.59 Å². The average molecular weight is 262 g/mol. The molecule has 0 radical (unpaired) electrons. The molecule has 2 amide bonds. The van der Waals surface area contributed by atoms with Crippen LogP contribution in [0.3, 0.4) is 0 Å². The van der Waals surface area contributed by atoms with Gasteiger partial charge in [-0.25, -0.2) is 0 Å². The maximum Gasteiger partial charge on any atom is 0.227 e. The molecular formula is C11H22N2O3S. The van der Waals surface area contributed by atoms with Gasteiger partial charge < -0.3 is 15.7 Å². The van der Waals surface area contributed by atoms with Crippen LogP contribution in [0.1, 0.15) is 25.7 Å². The van der Waals surface area contributed by atoms with Gasteiger partial charge in [-0.05, 0) is 19.3 Å². The number of hydrogen-bond acceptors (Lipinski definition) is 4. The number of nitrogens with two attached hydrogens (primary N) is 1. The second-order valence-electron chi connectivity index (χ2n) is 3.87. The van der Waals surface area contributed by atoms with E-state index >= 15 is 0 Å². The first kappa shape index (κ1) is 16.2. The number of unbranched alkanes of at least 4 members (excludes halogenated alkanes) is 2. The number of thioether (sulfide) groups is 1. The van der Waals surface area contributed by atoms with E-state index in [-0.39, 0.29) is 24.2 Å². The minimum atomic E-state index is -0.347. The van der Waals surface area contributed by atoms with Crippen molar-refractivity contribution in [3.63, 3.8) is 0 Å². The second-order valence-corrected chi connectivity index (χ2v) is 4.97. The second kappa shape index (κ2) is 10.4. The van der Waals surface area contributed by atoms with Crippen molar-refractivity contribution in [2.24, 2.45) is 5.73 Å². The third-order valence-electron chi connectivity index (χ3n) is 2.28. The minimum Gasteiger partial charge on any atom is -0.396 e. The predicted molar refractivity (Wildman–Crippen MR) is 69.7 cm³/mol. The molecule has 0 aliphatic carbocycles. The molecule has 3 N–H and O–H groups in total. The van der Waals surface area contributed by atoms with E-state index in [1.165, 1.54) is 11.8 Å². The molecule has 0 rings (SSSR count). The number of amides is 2. The van der Waals surface area contributed by atoms with Crippen molar-refractivity contribution in [3.05, 3.63) is 0 Å². The quantitative estimate of drug-likeness (QED) is 0.552. The van der Waals surface area contributed by atoms with E-state index in [2.05, 4.69) is 0 Å². The molecule has 0 saturated heterocycles. The summed E-state index contributed by atoms with van der Waals surface area (Å²) >= 11 is 1.38. The summed E-state index contributed by atoms with van der Waals surface area (Å²) in [6.07, 6.45) is 3.08. The number of hydrogen-bond donors (Lipinski definition) is 2. The highest BCUT2D eigenvalue weighted by Crippen LogP contribution is 2.04. The Bertz CT molecular complexity index is 237. The summed E-state index contributed by atoms with van der Waals surface area (Å²) in [5.41, 5.74) is 4.99. The van der Waals surface area contributed by atoms with Crippen LogP contribution < -0.4 is 5.73 Å². The van der Waals surface area contributed by atoms with Gasteiger partial charge in [0.15, 0.2) is 0 Å². The zero-order chi connectivity index (χ0) is 13.1. The van der Waals surface area contributed by atoms with Crippen LogP contribution in [-0.4, -0.2) is 53.5 Å². The molecule has 0 unspecified atom stereocenters. The lowest BCUT2D eigenvalue weighted by molar-refractivity contribution is -0.129. The number of carbonyl (C=O) groups is 2. The SMILES string of the molecule is CN(CCCCCO)C(=O)CCSCC(N)=O. The van der Waals surface area contributed by atoms with Crippen molar-refractivity contribution in [3.8, 4) is 0 Å². The molecule has 0 aliphatic heterocycles. The Morgan fingerprint density at radius 2 is 2.00 bits per heavy atom. The summed E-state index contributed by atoms with van der Waals surface area (Å²) in [6, 6.07) is 0. The first-order valence-electron chi connectivity index (χ1n) is 5.78. The van der Waals surface area contributed by atoms with Crippen molar-refractivity contribution < 1.29 is 14.7 Å². The number of aliphatic hydroxyl groups excluding tert-OH is 1. The Labute approximate surface area is 107 Å². The molecule has 6 heteroatoms. The molecule has 0 heterocycles. The normalized spacial score (nSPS) is 10.2. The highest BCUT2D eigenvalue weighted by atomic mass is 32.2. The number of nitrogens with zero attached hydrogens (tertiary/aromatic N) is 1. The van der Waals surface area contributed by atoms with Gasteiger partial charge >= 0.3 is 0 Å². The highest BCUT2D eigenvalue weighted by molar-refractivity contribution is 7.99. The first-order valence-corrected chi connectivity index (χ1v) is 6.94. The molecule has 100 valence electrons. The van der Waals surface area contributed by atoms with Crippen molar-refractivity contribution in [2.75, 3.05) is 31.7 Å². The van der Waals surface area contributed by atoms with Gasteiger partial charge in [0.2, 0.25) is 11.8 Å². The molecular weight excluding hydrogens is 240 g/mol. The lowest BCUT2D eigenvalue weighted by Gasteiger charge is -2.16. The molecule has 5 nitrogen and oxygen atoms in total. The average Bonchev–Trinajstić information content (AvgIpc) is 2.29. The summed E-state index contributed by atoms with van der Waals surface area (Å²) in [4.78, 5) is 23.8. The molecule has 0 aromatic carbocycles. The number of primary amides is 1. The zero-order valence-corrected chi connectivity index (χ0v) is 11.2. The molecule has 0 spiro atoms. The Balaban J connectivity index is 3.50. The van der Waals surface area contributed by atoms with Crippen LogP contribution in [0.5, 0.6) is 0 Å². The molecule has 0 aliphatic rings. The summed E-state index contributed by atoms with van der Waals surface area (Å²) in [5, 5.41) is 8.61. The molecule has 0 saturated carbocycles. The topological polar surface area (TPSA) is 83.6 Å². The third kappa shape index (κ3) is 10.1. The maximum atomic E-state index is 11.6. The fourth-order valence-corrected chi connectivity index (χ4v) is 1.95. The smallest absolute Gasteiger partial charge is 0.227 e. The number of aliphatic hydroxyl groups is 1. The van der Waals surface area contributed by atoms with E-state index in [0.29, 0.717) is 12.2 Å². The summed E-state index contributed by atoms with van der Waals surface area (Å²) < 4.78 is 0. The van der Waals surface area contributed by atoms with E-state index in [1.807, 2.05) is 0 Å². The van der Waals surface area contributed by atoms with Crippen molar-refractivity contribution >= 4 is 23.6 Å². The predicted octanol–water partition coefficient (Wildman–Crippen LogP) is 0.216. The third-order valence-corrected chi connectivity index (χ3v) is 3.26. The maximum absolute atomic E-state index is 11.6. The number of carbonyl (C=O) groups excluding carboxylic acids is 2.